The minimum Gasteiger partial charge on any atom is -0.333 e. The summed E-state index contributed by atoms with van der Waals surface area (Å²) in [5.74, 6) is 0. The highest BCUT2D eigenvalue weighted by Gasteiger charge is 2.20. The van der Waals surface area contributed by atoms with Crippen molar-refractivity contribution in [1.29, 1.82) is 0 Å². The largest absolute Gasteiger partial charge is 0.333 e. The third-order valence-electron chi connectivity index (χ3n) is 1.00. The van der Waals surface area contributed by atoms with E-state index in [1.54, 1.807) is 7.11 Å². The predicted molar refractivity (Wildman–Crippen MR) is 27.3 cm³/mol. The monoisotopic (exact) mass is 118 g/mol. The van der Waals surface area contributed by atoms with Crippen LogP contribution in [0.15, 0.2) is 0 Å². The van der Waals surface area contributed by atoms with Gasteiger partial charge in [0.05, 0.1) is 12.7 Å². The van der Waals surface area contributed by atoms with Crippen molar-refractivity contribution in [3.63, 3.8) is 0 Å². The molecule has 1 heterocycles. The van der Waals surface area contributed by atoms with Crippen molar-refractivity contribution in [2.45, 2.75) is 19.5 Å². The Bertz CT molecular complexity index is 74.1. The van der Waals surface area contributed by atoms with E-state index in [1.807, 2.05) is 6.92 Å². The quantitative estimate of drug-likeness (QED) is 0.497. The molecule has 48 valence electrons. The van der Waals surface area contributed by atoms with Crippen LogP contribution in [0.3, 0.4) is 0 Å². The van der Waals surface area contributed by atoms with E-state index >= 15 is 0 Å². The summed E-state index contributed by atoms with van der Waals surface area (Å²) in [6.07, 6.45) is 0.181. The summed E-state index contributed by atoms with van der Waals surface area (Å²) in [4.78, 5) is 0. The molecule has 0 aromatic carbocycles. The Balaban J connectivity index is 2.22. The van der Waals surface area contributed by atoms with Gasteiger partial charge in [-0.1, -0.05) is 0 Å². The van der Waals surface area contributed by atoms with Crippen molar-refractivity contribution >= 4 is 0 Å². The average molecular weight is 118 g/mol. The lowest BCUT2D eigenvalue weighted by Crippen LogP contribution is -2.10. The van der Waals surface area contributed by atoms with Crippen molar-refractivity contribution in [2.75, 3.05) is 13.7 Å². The molecule has 1 saturated heterocycles. The topological polar surface area (TPSA) is 27.7 Å². The van der Waals surface area contributed by atoms with Gasteiger partial charge in [0, 0.05) is 7.11 Å². The summed E-state index contributed by atoms with van der Waals surface area (Å²) in [6.45, 7) is 2.15. The lowest BCUT2D eigenvalue weighted by Gasteiger charge is -2.04. The summed E-state index contributed by atoms with van der Waals surface area (Å²) < 4.78 is 14.8. The highest BCUT2D eigenvalue weighted by molar-refractivity contribution is 4.51. The van der Waals surface area contributed by atoms with Crippen LogP contribution in [0.1, 0.15) is 6.92 Å². The second-order valence-electron chi connectivity index (χ2n) is 1.80. The second kappa shape index (κ2) is 2.44. The summed E-state index contributed by atoms with van der Waals surface area (Å²) >= 11 is 0. The van der Waals surface area contributed by atoms with Gasteiger partial charge in [0.25, 0.3) is 6.48 Å². The molecule has 1 rings (SSSR count). The van der Waals surface area contributed by atoms with E-state index < -0.39 is 6.48 Å². The molecule has 0 bridgehead atoms. The molecular weight excluding hydrogens is 108 g/mol. The van der Waals surface area contributed by atoms with Gasteiger partial charge < -0.3 is 14.2 Å². The Morgan fingerprint density at radius 3 is 2.62 bits per heavy atom. The van der Waals surface area contributed by atoms with E-state index in [2.05, 4.69) is 0 Å². The van der Waals surface area contributed by atoms with E-state index in [0.29, 0.717) is 6.61 Å². The van der Waals surface area contributed by atoms with Crippen molar-refractivity contribution in [2.24, 2.45) is 0 Å². The van der Waals surface area contributed by atoms with Gasteiger partial charge in [-0.3, -0.25) is 0 Å². The van der Waals surface area contributed by atoms with Gasteiger partial charge in [-0.2, -0.15) is 0 Å². The molecule has 0 radical (unpaired) electrons. The van der Waals surface area contributed by atoms with Gasteiger partial charge in [-0.15, -0.1) is 0 Å². The third kappa shape index (κ3) is 1.18. The van der Waals surface area contributed by atoms with Gasteiger partial charge in [-0.25, -0.2) is 0 Å². The van der Waals surface area contributed by atoms with Gasteiger partial charge in [0.2, 0.25) is 0 Å². The van der Waals surface area contributed by atoms with Crippen LogP contribution >= 0.6 is 0 Å². The Kier molecular flexibility index (Phi) is 1.83. The van der Waals surface area contributed by atoms with Gasteiger partial charge in [-0.05, 0) is 6.92 Å². The van der Waals surface area contributed by atoms with Crippen LogP contribution in [-0.4, -0.2) is 26.3 Å². The molecule has 0 amide bonds. The highest BCUT2D eigenvalue weighted by Crippen LogP contribution is 2.09. The summed E-state index contributed by atoms with van der Waals surface area (Å²) in [5, 5.41) is 0. The van der Waals surface area contributed by atoms with Crippen LogP contribution in [0.5, 0.6) is 0 Å². The molecule has 0 aromatic rings. The molecule has 8 heavy (non-hydrogen) atoms. The maximum Gasteiger partial charge on any atom is 0.271 e. The minimum atomic E-state index is -0.426. The Labute approximate surface area is 48.5 Å². The molecule has 2 atom stereocenters. The van der Waals surface area contributed by atoms with Crippen LogP contribution in [0.2, 0.25) is 0 Å². The van der Waals surface area contributed by atoms with Gasteiger partial charge in [0.15, 0.2) is 0 Å². The van der Waals surface area contributed by atoms with E-state index in [1.165, 1.54) is 0 Å². The molecule has 0 spiro atoms. The van der Waals surface area contributed by atoms with E-state index in [0.717, 1.165) is 0 Å². The first-order valence-electron chi connectivity index (χ1n) is 2.63. The summed E-state index contributed by atoms with van der Waals surface area (Å²) in [6, 6.07) is 0. The molecular formula is C5H10O3. The van der Waals surface area contributed by atoms with E-state index in [9.17, 15) is 0 Å². The zero-order valence-corrected chi connectivity index (χ0v) is 5.09. The lowest BCUT2D eigenvalue weighted by atomic mass is 10.5. The van der Waals surface area contributed by atoms with Crippen molar-refractivity contribution < 1.29 is 14.2 Å². The summed E-state index contributed by atoms with van der Waals surface area (Å²) in [5.41, 5.74) is 0. The summed E-state index contributed by atoms with van der Waals surface area (Å²) in [7, 11) is 1.56. The maximum absolute atomic E-state index is 5.07. The minimum absolute atomic E-state index is 0.181. The number of hydrogen-bond acceptors (Lipinski definition) is 3. The normalized spacial score (nSPS) is 38.2. The SMILES string of the molecule is COC1OC[C@@H](C)O1. The molecule has 0 aromatic heterocycles. The fraction of sp³-hybridized carbons (Fsp3) is 1.00. The van der Waals surface area contributed by atoms with Crippen LogP contribution in [-0.2, 0) is 14.2 Å². The zero-order chi connectivity index (χ0) is 5.98. The second-order valence-corrected chi connectivity index (χ2v) is 1.80. The number of hydrogen-bond donors (Lipinski definition) is 0. The standard InChI is InChI=1S/C5H10O3/c1-4-3-7-5(6-2)8-4/h4-5H,3H2,1-2H3/t4-,5?/m1/s1. The molecule has 1 aliphatic heterocycles. The molecule has 1 fully saturated rings. The molecule has 1 aliphatic rings. The van der Waals surface area contributed by atoms with Crippen LogP contribution in [0.25, 0.3) is 0 Å². The van der Waals surface area contributed by atoms with E-state index in [-0.39, 0.29) is 6.10 Å². The van der Waals surface area contributed by atoms with Crippen molar-refractivity contribution in [1.82, 2.24) is 0 Å². The van der Waals surface area contributed by atoms with Gasteiger partial charge >= 0.3 is 0 Å². The number of ether oxygens (including phenoxy) is 3. The first-order valence-corrected chi connectivity index (χ1v) is 2.63. The molecule has 1 unspecified atom stereocenters. The molecule has 0 N–H and O–H groups in total. The Hall–Kier alpha value is -0.120. The Morgan fingerprint density at radius 2 is 2.38 bits per heavy atom. The van der Waals surface area contributed by atoms with Crippen molar-refractivity contribution in [3.8, 4) is 0 Å². The predicted octanol–water partition coefficient (Wildman–Crippen LogP) is 0.352. The fourth-order valence-electron chi connectivity index (χ4n) is 0.606. The lowest BCUT2D eigenvalue weighted by molar-refractivity contribution is -0.221. The molecule has 0 saturated carbocycles. The number of methoxy groups -OCH3 is 1. The average Bonchev–Trinajstić information content (AvgIpc) is 2.14. The first-order chi connectivity index (χ1) is 3.83. The van der Waals surface area contributed by atoms with Gasteiger partial charge in [0.1, 0.15) is 0 Å². The van der Waals surface area contributed by atoms with E-state index in [4.69, 9.17) is 14.2 Å². The highest BCUT2D eigenvalue weighted by atomic mass is 16.9. The Morgan fingerprint density at radius 1 is 1.62 bits per heavy atom. The van der Waals surface area contributed by atoms with Crippen LogP contribution < -0.4 is 0 Å². The third-order valence-corrected chi connectivity index (χ3v) is 1.00. The number of rotatable bonds is 1. The maximum atomic E-state index is 5.07. The first kappa shape index (κ1) is 6.01. The fourth-order valence-corrected chi connectivity index (χ4v) is 0.606. The molecule has 0 aliphatic carbocycles. The molecule has 3 nitrogen and oxygen atoms in total. The molecule has 3 heteroatoms. The van der Waals surface area contributed by atoms with Crippen LogP contribution in [0, 0.1) is 0 Å². The van der Waals surface area contributed by atoms with Crippen LogP contribution in [0.4, 0.5) is 0 Å². The smallest absolute Gasteiger partial charge is 0.271 e. The van der Waals surface area contributed by atoms with Crippen molar-refractivity contribution in [3.05, 3.63) is 0 Å². The zero-order valence-electron chi connectivity index (χ0n) is 5.09.